The van der Waals surface area contributed by atoms with Gasteiger partial charge >= 0.3 is 0 Å². The van der Waals surface area contributed by atoms with Gasteiger partial charge in [-0.2, -0.15) is 0 Å². The summed E-state index contributed by atoms with van der Waals surface area (Å²) in [6.07, 6.45) is 9.25. The quantitative estimate of drug-likeness (QED) is 0.514. The van der Waals surface area contributed by atoms with Gasteiger partial charge in [0.25, 0.3) is 0 Å². The zero-order valence-corrected chi connectivity index (χ0v) is 10.3. The molecule has 1 aliphatic carbocycles. The largest absolute Gasteiger partial charge is 0.298 e. The second kappa shape index (κ2) is 7.00. The summed E-state index contributed by atoms with van der Waals surface area (Å²) in [6.45, 7) is 3.31. The lowest BCUT2D eigenvalue weighted by Gasteiger charge is -2.25. The molecule has 0 saturated heterocycles. The lowest BCUT2D eigenvalue weighted by atomic mass is 10.1. The highest BCUT2D eigenvalue weighted by atomic mass is 16.1. The van der Waals surface area contributed by atoms with Gasteiger partial charge in [0.15, 0.2) is 0 Å². The van der Waals surface area contributed by atoms with Crippen LogP contribution in [0.4, 0.5) is 0 Å². The number of ketones is 1. The first-order valence-corrected chi connectivity index (χ1v) is 6.48. The molecule has 1 unspecified atom stereocenters. The van der Waals surface area contributed by atoms with Gasteiger partial charge < -0.3 is 0 Å². The van der Waals surface area contributed by atoms with Crippen LogP contribution in [-0.4, -0.2) is 30.3 Å². The van der Waals surface area contributed by atoms with Crippen LogP contribution in [0.1, 0.15) is 58.3 Å². The second-order valence-corrected chi connectivity index (χ2v) is 4.77. The maximum absolute atomic E-state index is 11.8. The zero-order chi connectivity index (χ0) is 11.1. The maximum Gasteiger partial charge on any atom is 0.149 e. The first-order valence-electron chi connectivity index (χ1n) is 6.48. The molecule has 2 heteroatoms. The van der Waals surface area contributed by atoms with Crippen molar-refractivity contribution in [3.05, 3.63) is 0 Å². The summed E-state index contributed by atoms with van der Waals surface area (Å²) in [5.41, 5.74) is 0. The van der Waals surface area contributed by atoms with Crippen molar-refractivity contribution >= 4 is 5.78 Å². The summed E-state index contributed by atoms with van der Waals surface area (Å²) >= 11 is 0. The molecule has 0 aromatic heterocycles. The number of unbranched alkanes of at least 4 members (excludes halogenated alkanes) is 2. The van der Waals surface area contributed by atoms with Crippen LogP contribution in [0.25, 0.3) is 0 Å². The lowest BCUT2D eigenvalue weighted by molar-refractivity contribution is -0.123. The van der Waals surface area contributed by atoms with Crippen LogP contribution in [0.15, 0.2) is 0 Å². The molecule has 15 heavy (non-hydrogen) atoms. The Kier molecular flexibility index (Phi) is 5.92. The minimum absolute atomic E-state index is 0.226. The third kappa shape index (κ3) is 4.33. The Labute approximate surface area is 94.0 Å². The Morgan fingerprint density at radius 3 is 2.80 bits per heavy atom. The van der Waals surface area contributed by atoms with Crippen LogP contribution in [0.3, 0.4) is 0 Å². The average molecular weight is 211 g/mol. The first-order chi connectivity index (χ1) is 7.25. The average Bonchev–Trinajstić information content (AvgIpc) is 2.43. The van der Waals surface area contributed by atoms with Gasteiger partial charge in [-0.1, -0.05) is 32.6 Å². The highest BCUT2D eigenvalue weighted by Gasteiger charge is 2.23. The number of likely N-dealkylation sites (N-methyl/N-ethyl adjacent to an activating group) is 1. The summed E-state index contributed by atoms with van der Waals surface area (Å²) in [4.78, 5) is 14.1. The zero-order valence-electron chi connectivity index (χ0n) is 10.3. The fourth-order valence-electron chi connectivity index (χ4n) is 2.37. The molecule has 2 nitrogen and oxygen atoms in total. The third-order valence-electron chi connectivity index (χ3n) is 3.42. The Morgan fingerprint density at radius 1 is 1.27 bits per heavy atom. The molecule has 1 aliphatic rings. The normalized spacial score (nSPS) is 23.1. The number of nitrogens with zero attached hydrogens (tertiary/aromatic N) is 1. The summed E-state index contributed by atoms with van der Waals surface area (Å²) in [6, 6.07) is 0.226. The standard InChI is InChI=1S/C13H25NO/c1-3-4-8-11-14(2)12-9-6-5-7-10-13(12)15/h12H,3-11H2,1-2H3. The van der Waals surface area contributed by atoms with Crippen LogP contribution in [0, 0.1) is 0 Å². The van der Waals surface area contributed by atoms with Gasteiger partial charge in [-0.3, -0.25) is 9.69 Å². The number of Topliss-reactive ketones (excluding diaryl/α,β-unsaturated/α-hetero) is 1. The summed E-state index contributed by atoms with van der Waals surface area (Å²) in [5, 5.41) is 0. The molecule has 0 aromatic rings. The van der Waals surface area contributed by atoms with Gasteiger partial charge in [0.05, 0.1) is 6.04 Å². The van der Waals surface area contributed by atoms with E-state index in [1.807, 2.05) is 0 Å². The Bertz CT molecular complexity index is 191. The molecule has 1 saturated carbocycles. The van der Waals surface area contributed by atoms with Crippen molar-refractivity contribution in [3.8, 4) is 0 Å². The van der Waals surface area contributed by atoms with Crippen LogP contribution in [0.5, 0.6) is 0 Å². The topological polar surface area (TPSA) is 20.3 Å². The molecule has 88 valence electrons. The molecule has 0 aromatic carbocycles. The fourth-order valence-corrected chi connectivity index (χ4v) is 2.37. The fraction of sp³-hybridized carbons (Fsp3) is 0.923. The summed E-state index contributed by atoms with van der Waals surface area (Å²) < 4.78 is 0. The van der Waals surface area contributed by atoms with Crippen molar-refractivity contribution in [2.24, 2.45) is 0 Å². The van der Waals surface area contributed by atoms with E-state index in [1.54, 1.807) is 0 Å². The molecular formula is C13H25NO. The number of rotatable bonds is 5. The Balaban J connectivity index is 2.34. The van der Waals surface area contributed by atoms with Gasteiger partial charge in [0, 0.05) is 6.42 Å². The highest BCUT2D eigenvalue weighted by molar-refractivity contribution is 5.84. The third-order valence-corrected chi connectivity index (χ3v) is 3.42. The van der Waals surface area contributed by atoms with Crippen LogP contribution < -0.4 is 0 Å². The number of carbonyl (C=O) groups is 1. The number of hydrogen-bond acceptors (Lipinski definition) is 2. The van der Waals surface area contributed by atoms with Gasteiger partial charge in [0.1, 0.15) is 5.78 Å². The first kappa shape index (κ1) is 12.7. The minimum Gasteiger partial charge on any atom is -0.298 e. The molecule has 0 heterocycles. The molecule has 1 fully saturated rings. The predicted octanol–water partition coefficient (Wildman–Crippen LogP) is 3.01. The highest BCUT2D eigenvalue weighted by Crippen LogP contribution is 2.18. The SMILES string of the molecule is CCCCCN(C)C1CCCCCC1=O. The van der Waals surface area contributed by atoms with Gasteiger partial charge in [-0.15, -0.1) is 0 Å². The van der Waals surface area contributed by atoms with Crippen LogP contribution >= 0.6 is 0 Å². The van der Waals surface area contributed by atoms with E-state index in [-0.39, 0.29) is 6.04 Å². The number of hydrogen-bond donors (Lipinski definition) is 0. The minimum atomic E-state index is 0.226. The molecular weight excluding hydrogens is 186 g/mol. The lowest BCUT2D eigenvalue weighted by Crippen LogP contribution is -2.38. The molecule has 0 spiro atoms. The van der Waals surface area contributed by atoms with Crippen molar-refractivity contribution < 1.29 is 4.79 Å². The van der Waals surface area contributed by atoms with Crippen molar-refractivity contribution in [3.63, 3.8) is 0 Å². The molecule has 0 N–H and O–H groups in total. The molecule has 0 bridgehead atoms. The van der Waals surface area contributed by atoms with Gasteiger partial charge in [-0.25, -0.2) is 0 Å². The summed E-state index contributed by atoms with van der Waals surface area (Å²) in [7, 11) is 2.11. The van der Waals surface area contributed by atoms with E-state index in [2.05, 4.69) is 18.9 Å². The smallest absolute Gasteiger partial charge is 0.149 e. The van der Waals surface area contributed by atoms with E-state index in [0.29, 0.717) is 5.78 Å². The molecule has 0 radical (unpaired) electrons. The second-order valence-electron chi connectivity index (χ2n) is 4.77. The van der Waals surface area contributed by atoms with E-state index in [4.69, 9.17) is 0 Å². The van der Waals surface area contributed by atoms with Crippen molar-refractivity contribution in [2.75, 3.05) is 13.6 Å². The van der Waals surface area contributed by atoms with E-state index >= 15 is 0 Å². The Morgan fingerprint density at radius 2 is 2.07 bits per heavy atom. The van der Waals surface area contributed by atoms with Crippen molar-refractivity contribution in [1.29, 1.82) is 0 Å². The molecule has 0 aliphatic heterocycles. The number of carbonyl (C=O) groups excluding carboxylic acids is 1. The molecule has 1 atom stereocenters. The van der Waals surface area contributed by atoms with E-state index in [1.165, 1.54) is 32.1 Å². The van der Waals surface area contributed by atoms with Gasteiger partial charge in [-0.05, 0) is 32.9 Å². The van der Waals surface area contributed by atoms with Crippen LogP contribution in [-0.2, 0) is 4.79 Å². The van der Waals surface area contributed by atoms with E-state index in [0.717, 1.165) is 25.8 Å². The van der Waals surface area contributed by atoms with Crippen molar-refractivity contribution in [2.45, 2.75) is 64.3 Å². The Hall–Kier alpha value is -0.370. The van der Waals surface area contributed by atoms with Crippen LogP contribution in [0.2, 0.25) is 0 Å². The van der Waals surface area contributed by atoms with E-state index < -0.39 is 0 Å². The summed E-state index contributed by atoms with van der Waals surface area (Å²) in [5.74, 6) is 0.478. The maximum atomic E-state index is 11.8. The monoisotopic (exact) mass is 211 g/mol. The van der Waals surface area contributed by atoms with Crippen molar-refractivity contribution in [1.82, 2.24) is 4.90 Å². The molecule has 1 rings (SSSR count). The van der Waals surface area contributed by atoms with E-state index in [9.17, 15) is 4.79 Å². The molecule has 0 amide bonds. The predicted molar refractivity (Wildman–Crippen MR) is 64.0 cm³/mol. The van der Waals surface area contributed by atoms with Gasteiger partial charge in [0.2, 0.25) is 0 Å².